The second-order valence-corrected chi connectivity index (χ2v) is 7.14. The van der Waals surface area contributed by atoms with Crippen molar-refractivity contribution in [2.75, 3.05) is 0 Å². The number of nitrogens with one attached hydrogen (secondary N) is 1. The fraction of sp³-hybridized carbons (Fsp3) is 0.545. The molecule has 7 heteroatoms. The van der Waals surface area contributed by atoms with Gasteiger partial charge >= 0.3 is 0 Å². The zero-order valence-corrected chi connectivity index (χ0v) is 12.3. The predicted molar refractivity (Wildman–Crippen MR) is 71.7 cm³/mol. The smallest absolute Gasteiger partial charge is 0.247 e. The third-order valence-electron chi connectivity index (χ3n) is 2.73. The van der Waals surface area contributed by atoms with Gasteiger partial charge in [0, 0.05) is 10.8 Å². The van der Waals surface area contributed by atoms with Crippen molar-refractivity contribution in [3.63, 3.8) is 0 Å². The van der Waals surface area contributed by atoms with E-state index in [1.165, 1.54) is 6.07 Å². The molecule has 1 aromatic rings. The molecule has 0 aliphatic rings. The molecule has 0 aliphatic heterocycles. The van der Waals surface area contributed by atoms with Gasteiger partial charge in [0.1, 0.15) is 4.21 Å². The number of sulfonamides is 1. The number of thiophene rings is 1. The van der Waals surface area contributed by atoms with Gasteiger partial charge in [0.05, 0.1) is 6.04 Å². The summed E-state index contributed by atoms with van der Waals surface area (Å²) in [4.78, 5) is 12.5. The highest BCUT2D eigenvalue weighted by molar-refractivity contribution is 7.91. The van der Waals surface area contributed by atoms with Crippen molar-refractivity contribution < 1.29 is 13.2 Å². The molecule has 0 aromatic carbocycles. The fourth-order valence-corrected chi connectivity index (χ4v) is 3.08. The molecule has 1 aromatic heterocycles. The minimum atomic E-state index is -3.66. The highest BCUT2D eigenvalue weighted by Gasteiger charge is 2.18. The Morgan fingerprint density at radius 3 is 2.50 bits per heavy atom. The van der Waals surface area contributed by atoms with E-state index in [1.54, 1.807) is 6.07 Å². The second kappa shape index (κ2) is 5.81. The Morgan fingerprint density at radius 1 is 1.44 bits per heavy atom. The summed E-state index contributed by atoms with van der Waals surface area (Å²) in [7, 11) is -3.66. The van der Waals surface area contributed by atoms with Gasteiger partial charge in [-0.2, -0.15) is 0 Å². The van der Waals surface area contributed by atoms with Crippen LogP contribution >= 0.6 is 11.3 Å². The number of carbonyl (C=O) groups excluding carboxylic acids is 1. The number of rotatable bonds is 5. The highest BCUT2D eigenvalue weighted by atomic mass is 32.2. The molecule has 1 heterocycles. The molecule has 0 aliphatic carbocycles. The van der Waals surface area contributed by atoms with Crippen molar-refractivity contribution >= 4 is 27.3 Å². The number of hydrogen-bond donors (Lipinski definition) is 2. The van der Waals surface area contributed by atoms with Crippen LogP contribution in [-0.4, -0.2) is 14.3 Å². The molecule has 0 spiro atoms. The van der Waals surface area contributed by atoms with E-state index < -0.39 is 10.0 Å². The summed E-state index contributed by atoms with van der Waals surface area (Å²) >= 11 is 1.08. The third kappa shape index (κ3) is 3.79. The van der Waals surface area contributed by atoms with Crippen LogP contribution in [0.4, 0.5) is 0 Å². The van der Waals surface area contributed by atoms with Crippen molar-refractivity contribution in [1.29, 1.82) is 0 Å². The SMILES string of the molecule is CCC(C)C(=O)NC(C)c1ccc(S(N)(=O)=O)s1. The number of carbonyl (C=O) groups is 1. The molecule has 2 unspecified atom stereocenters. The molecule has 2 atom stereocenters. The molecule has 1 rings (SSSR count). The first-order valence-electron chi connectivity index (χ1n) is 5.68. The van der Waals surface area contributed by atoms with Crippen molar-refractivity contribution in [2.24, 2.45) is 11.1 Å². The summed E-state index contributed by atoms with van der Waals surface area (Å²) < 4.78 is 22.4. The van der Waals surface area contributed by atoms with Crippen molar-refractivity contribution in [3.8, 4) is 0 Å². The van der Waals surface area contributed by atoms with Crippen molar-refractivity contribution in [3.05, 3.63) is 17.0 Å². The minimum Gasteiger partial charge on any atom is -0.349 e. The third-order valence-corrected chi connectivity index (χ3v) is 5.43. The zero-order valence-electron chi connectivity index (χ0n) is 10.6. The van der Waals surface area contributed by atoms with Gasteiger partial charge < -0.3 is 5.32 Å². The lowest BCUT2D eigenvalue weighted by atomic mass is 10.1. The largest absolute Gasteiger partial charge is 0.349 e. The zero-order chi connectivity index (χ0) is 13.9. The lowest BCUT2D eigenvalue weighted by molar-refractivity contribution is -0.125. The quantitative estimate of drug-likeness (QED) is 0.863. The molecular formula is C11H18N2O3S2. The van der Waals surface area contributed by atoms with Crippen molar-refractivity contribution in [2.45, 2.75) is 37.4 Å². The van der Waals surface area contributed by atoms with Crippen LogP contribution in [0.5, 0.6) is 0 Å². The van der Waals surface area contributed by atoms with Gasteiger partial charge in [-0.15, -0.1) is 11.3 Å². The second-order valence-electron chi connectivity index (χ2n) is 4.24. The average molecular weight is 290 g/mol. The molecule has 5 nitrogen and oxygen atoms in total. The lowest BCUT2D eigenvalue weighted by Gasteiger charge is -2.15. The summed E-state index contributed by atoms with van der Waals surface area (Å²) in [5.74, 6) is -0.0827. The summed E-state index contributed by atoms with van der Waals surface area (Å²) in [5.41, 5.74) is 0. The van der Waals surface area contributed by atoms with Crippen LogP contribution in [0.3, 0.4) is 0 Å². The van der Waals surface area contributed by atoms with E-state index in [4.69, 9.17) is 5.14 Å². The minimum absolute atomic E-state index is 0.0319. The summed E-state index contributed by atoms with van der Waals surface area (Å²) in [6.45, 7) is 5.62. The Balaban J connectivity index is 2.77. The number of primary sulfonamides is 1. The molecular weight excluding hydrogens is 272 g/mol. The standard InChI is InChI=1S/C11H18N2O3S2/c1-4-7(2)11(14)13-8(3)9-5-6-10(17-9)18(12,15)16/h5-8H,4H2,1-3H3,(H,13,14)(H2,12,15,16). The summed E-state index contributed by atoms with van der Waals surface area (Å²) in [5, 5.41) is 7.88. The van der Waals surface area contributed by atoms with Crippen molar-refractivity contribution in [1.82, 2.24) is 5.32 Å². The van der Waals surface area contributed by atoms with Crippen LogP contribution in [0.2, 0.25) is 0 Å². The Hall–Kier alpha value is -0.920. The van der Waals surface area contributed by atoms with Crippen LogP contribution in [0.1, 0.15) is 38.1 Å². The summed E-state index contributed by atoms with van der Waals surface area (Å²) in [6, 6.07) is 2.92. The van der Waals surface area contributed by atoms with E-state index in [0.717, 1.165) is 22.6 Å². The molecule has 1 amide bonds. The van der Waals surface area contributed by atoms with Crippen LogP contribution < -0.4 is 10.5 Å². The molecule has 0 saturated carbocycles. The van der Waals surface area contributed by atoms with Crippen LogP contribution in [0.25, 0.3) is 0 Å². The maximum Gasteiger partial charge on any atom is 0.247 e. The van der Waals surface area contributed by atoms with Gasteiger partial charge in [-0.3, -0.25) is 4.79 Å². The van der Waals surface area contributed by atoms with Gasteiger partial charge in [0.15, 0.2) is 0 Å². The fourth-order valence-electron chi connectivity index (χ4n) is 1.33. The molecule has 18 heavy (non-hydrogen) atoms. The molecule has 0 fully saturated rings. The summed E-state index contributed by atoms with van der Waals surface area (Å²) in [6.07, 6.45) is 0.769. The van der Waals surface area contributed by atoms with Gasteiger partial charge in [-0.05, 0) is 25.5 Å². The van der Waals surface area contributed by atoms with E-state index in [2.05, 4.69) is 5.32 Å². The first-order chi connectivity index (χ1) is 8.25. The molecule has 0 bridgehead atoms. The maximum absolute atomic E-state index is 11.7. The molecule has 0 saturated heterocycles. The number of amides is 1. The molecule has 102 valence electrons. The van der Waals surface area contributed by atoms with Gasteiger partial charge in [-0.1, -0.05) is 13.8 Å². The highest BCUT2D eigenvalue weighted by Crippen LogP contribution is 2.25. The first kappa shape index (κ1) is 15.1. The van der Waals surface area contributed by atoms with Gasteiger partial charge in [0.2, 0.25) is 15.9 Å². The predicted octanol–water partition coefficient (Wildman–Crippen LogP) is 1.62. The van der Waals surface area contributed by atoms with E-state index in [9.17, 15) is 13.2 Å². The van der Waals surface area contributed by atoms with E-state index >= 15 is 0 Å². The average Bonchev–Trinajstić information content (AvgIpc) is 2.76. The lowest BCUT2D eigenvalue weighted by Crippen LogP contribution is -2.30. The van der Waals surface area contributed by atoms with Crippen LogP contribution in [-0.2, 0) is 14.8 Å². The van der Waals surface area contributed by atoms with E-state index in [1.807, 2.05) is 20.8 Å². The Kier molecular flexibility index (Phi) is 4.89. The Bertz CT molecular complexity index is 522. The Morgan fingerprint density at radius 2 is 2.06 bits per heavy atom. The first-order valence-corrected chi connectivity index (χ1v) is 8.05. The number of hydrogen-bond acceptors (Lipinski definition) is 4. The molecule has 3 N–H and O–H groups in total. The molecule has 0 radical (unpaired) electrons. The topological polar surface area (TPSA) is 89.3 Å². The van der Waals surface area contributed by atoms with Gasteiger partial charge in [0.25, 0.3) is 0 Å². The van der Waals surface area contributed by atoms with Crippen LogP contribution in [0, 0.1) is 5.92 Å². The number of nitrogens with two attached hydrogens (primary N) is 1. The van der Waals surface area contributed by atoms with Crippen LogP contribution in [0.15, 0.2) is 16.3 Å². The Labute approximate surface area is 111 Å². The monoisotopic (exact) mass is 290 g/mol. The maximum atomic E-state index is 11.7. The van der Waals surface area contributed by atoms with Gasteiger partial charge in [-0.25, -0.2) is 13.6 Å². The van der Waals surface area contributed by atoms with E-state index in [0.29, 0.717) is 0 Å². The normalized spacial score (nSPS) is 15.1. The van der Waals surface area contributed by atoms with E-state index in [-0.39, 0.29) is 22.1 Å².